The maximum Gasteiger partial charge on any atom is 0.357 e. The third-order valence-corrected chi connectivity index (χ3v) is 3.22. The standard InChI is InChI=1S/C13H11N5O4/c1-8-4-5-16-18-13(6-14,7-15)9(11(19)21-2)10(17(8)18)12(20)22-3/h4-5H,1-3H3. The molecule has 9 heteroatoms. The topological polar surface area (TPSA) is 119 Å². The van der Waals surface area contributed by atoms with Gasteiger partial charge in [-0.2, -0.15) is 20.7 Å². The number of hydrogen-bond donors (Lipinski definition) is 0. The van der Waals surface area contributed by atoms with Gasteiger partial charge in [-0.1, -0.05) is 0 Å². The molecule has 0 fully saturated rings. The number of allylic oxidation sites excluding steroid dienone is 2. The van der Waals surface area contributed by atoms with Gasteiger partial charge in [-0.15, -0.1) is 0 Å². The molecule has 0 bridgehead atoms. The number of hydrazone groups is 1. The smallest absolute Gasteiger partial charge is 0.357 e. The normalized spacial score (nSPS) is 18.1. The highest BCUT2D eigenvalue weighted by Crippen LogP contribution is 2.42. The first kappa shape index (κ1) is 15.1. The molecule has 0 atom stereocenters. The van der Waals surface area contributed by atoms with Crippen molar-refractivity contribution >= 4 is 18.2 Å². The van der Waals surface area contributed by atoms with Gasteiger partial charge in [-0.3, -0.25) is 0 Å². The number of carbonyl (C=O) groups is 2. The van der Waals surface area contributed by atoms with E-state index in [0.717, 1.165) is 19.3 Å². The van der Waals surface area contributed by atoms with Gasteiger partial charge in [0.2, 0.25) is 0 Å². The lowest BCUT2D eigenvalue weighted by atomic mass is 9.92. The Labute approximate surface area is 125 Å². The van der Waals surface area contributed by atoms with E-state index < -0.39 is 23.1 Å². The second-order valence-electron chi connectivity index (χ2n) is 4.31. The zero-order valence-electron chi connectivity index (χ0n) is 12.0. The Morgan fingerprint density at radius 1 is 1.23 bits per heavy atom. The molecular weight excluding hydrogens is 290 g/mol. The van der Waals surface area contributed by atoms with Gasteiger partial charge in [0.15, 0.2) is 5.70 Å². The quantitative estimate of drug-likeness (QED) is 0.644. The number of nitrogens with zero attached hydrogens (tertiary/aromatic N) is 5. The Balaban J connectivity index is 2.84. The highest BCUT2D eigenvalue weighted by molar-refractivity contribution is 6.04. The maximum absolute atomic E-state index is 12.1. The molecule has 0 aliphatic carbocycles. The molecule has 2 rings (SSSR count). The van der Waals surface area contributed by atoms with Crippen LogP contribution in [0, 0.1) is 22.7 Å². The van der Waals surface area contributed by atoms with Crippen LogP contribution in [0.2, 0.25) is 0 Å². The molecular formula is C13H11N5O4. The van der Waals surface area contributed by atoms with Crippen LogP contribution in [0.3, 0.4) is 0 Å². The third-order valence-electron chi connectivity index (χ3n) is 3.22. The average Bonchev–Trinajstić information content (AvgIpc) is 2.85. The van der Waals surface area contributed by atoms with Crippen LogP contribution < -0.4 is 0 Å². The summed E-state index contributed by atoms with van der Waals surface area (Å²) in [6.45, 7) is 1.63. The molecule has 0 unspecified atom stereocenters. The van der Waals surface area contributed by atoms with Crippen molar-refractivity contribution in [3.8, 4) is 12.1 Å². The lowest BCUT2D eigenvalue weighted by Gasteiger charge is -2.34. The third kappa shape index (κ3) is 1.73. The van der Waals surface area contributed by atoms with E-state index in [1.165, 1.54) is 11.2 Å². The number of esters is 2. The lowest BCUT2D eigenvalue weighted by molar-refractivity contribution is -0.140. The SMILES string of the molecule is COC(=O)C1=C(C(=O)OC)C(C#N)(C#N)N2N=CC=C(C)N12. The van der Waals surface area contributed by atoms with Crippen LogP contribution in [-0.4, -0.2) is 48.0 Å². The zero-order valence-corrected chi connectivity index (χ0v) is 12.0. The van der Waals surface area contributed by atoms with Crippen LogP contribution in [0.15, 0.2) is 28.1 Å². The summed E-state index contributed by atoms with van der Waals surface area (Å²) in [6, 6.07) is 3.47. The minimum absolute atomic E-state index is 0.275. The second-order valence-corrected chi connectivity index (χ2v) is 4.31. The van der Waals surface area contributed by atoms with Crippen LogP contribution in [0.25, 0.3) is 0 Å². The highest BCUT2D eigenvalue weighted by atomic mass is 16.5. The van der Waals surface area contributed by atoms with E-state index in [4.69, 9.17) is 0 Å². The Morgan fingerprint density at radius 3 is 2.32 bits per heavy atom. The monoisotopic (exact) mass is 301 g/mol. The van der Waals surface area contributed by atoms with Crippen molar-refractivity contribution in [2.24, 2.45) is 5.10 Å². The van der Waals surface area contributed by atoms with E-state index in [-0.39, 0.29) is 5.70 Å². The zero-order chi connectivity index (χ0) is 16.5. The molecule has 0 amide bonds. The minimum atomic E-state index is -2.12. The molecule has 0 aromatic carbocycles. The minimum Gasteiger partial charge on any atom is -0.465 e. The Hall–Kier alpha value is -3.33. The van der Waals surface area contributed by atoms with Crippen LogP contribution in [-0.2, 0) is 19.1 Å². The number of fused-ring (bicyclic) bond motifs is 1. The lowest BCUT2D eigenvalue weighted by Crippen LogP contribution is -2.49. The van der Waals surface area contributed by atoms with Crippen molar-refractivity contribution in [1.82, 2.24) is 10.1 Å². The van der Waals surface area contributed by atoms with E-state index in [1.54, 1.807) is 25.1 Å². The predicted molar refractivity (Wildman–Crippen MR) is 70.9 cm³/mol. The summed E-state index contributed by atoms with van der Waals surface area (Å²) in [6.07, 6.45) is 2.91. The number of methoxy groups -OCH3 is 2. The summed E-state index contributed by atoms with van der Waals surface area (Å²) in [5.41, 5.74) is -2.35. The number of hydrogen-bond acceptors (Lipinski definition) is 9. The summed E-state index contributed by atoms with van der Waals surface area (Å²) < 4.78 is 9.30. The van der Waals surface area contributed by atoms with Gasteiger partial charge in [0.1, 0.15) is 17.7 Å². The molecule has 0 saturated heterocycles. The Kier molecular flexibility index (Phi) is 3.57. The van der Waals surface area contributed by atoms with Gasteiger partial charge >= 0.3 is 11.9 Å². The van der Waals surface area contributed by atoms with Gasteiger partial charge in [0.25, 0.3) is 5.54 Å². The molecule has 22 heavy (non-hydrogen) atoms. The maximum atomic E-state index is 12.1. The van der Waals surface area contributed by atoms with Crippen molar-refractivity contribution in [3.05, 3.63) is 23.0 Å². The number of hydrazine groups is 1. The van der Waals surface area contributed by atoms with Gasteiger partial charge < -0.3 is 9.47 Å². The van der Waals surface area contributed by atoms with Crippen LogP contribution in [0.5, 0.6) is 0 Å². The average molecular weight is 301 g/mol. The van der Waals surface area contributed by atoms with Crippen LogP contribution in [0.1, 0.15) is 6.92 Å². The first-order chi connectivity index (χ1) is 10.5. The van der Waals surface area contributed by atoms with Gasteiger partial charge in [0.05, 0.1) is 20.4 Å². The van der Waals surface area contributed by atoms with Crippen molar-refractivity contribution in [2.45, 2.75) is 12.5 Å². The van der Waals surface area contributed by atoms with Gasteiger partial charge in [-0.25, -0.2) is 14.6 Å². The van der Waals surface area contributed by atoms with Gasteiger partial charge in [0, 0.05) is 5.70 Å². The molecule has 9 nitrogen and oxygen atoms in total. The molecule has 2 aliphatic heterocycles. The number of nitriles is 2. The molecule has 0 aromatic rings. The number of rotatable bonds is 2. The van der Waals surface area contributed by atoms with E-state index in [9.17, 15) is 20.1 Å². The molecule has 0 aromatic heterocycles. The van der Waals surface area contributed by atoms with Crippen LogP contribution >= 0.6 is 0 Å². The fraction of sp³-hybridized carbons (Fsp3) is 0.308. The van der Waals surface area contributed by atoms with E-state index in [2.05, 4.69) is 14.6 Å². The Bertz CT molecular complexity index is 708. The largest absolute Gasteiger partial charge is 0.465 e. The molecule has 0 saturated carbocycles. The summed E-state index contributed by atoms with van der Waals surface area (Å²) in [7, 11) is 2.21. The van der Waals surface area contributed by atoms with Crippen molar-refractivity contribution < 1.29 is 19.1 Å². The summed E-state index contributed by atoms with van der Waals surface area (Å²) >= 11 is 0. The fourth-order valence-electron chi connectivity index (χ4n) is 2.22. The first-order valence-corrected chi connectivity index (χ1v) is 6.03. The summed E-state index contributed by atoms with van der Waals surface area (Å²) in [5.74, 6) is -1.87. The van der Waals surface area contributed by atoms with Crippen LogP contribution in [0.4, 0.5) is 0 Å². The first-order valence-electron chi connectivity index (χ1n) is 6.03. The van der Waals surface area contributed by atoms with E-state index in [1.807, 2.05) is 0 Å². The molecule has 0 radical (unpaired) electrons. The van der Waals surface area contributed by atoms with E-state index in [0.29, 0.717) is 5.70 Å². The predicted octanol–water partition coefficient (Wildman–Crippen LogP) is -0.192. The fourth-order valence-corrected chi connectivity index (χ4v) is 2.22. The summed E-state index contributed by atoms with van der Waals surface area (Å²) in [5, 5.41) is 25.1. The molecule has 0 N–H and O–H groups in total. The van der Waals surface area contributed by atoms with Crippen molar-refractivity contribution in [3.63, 3.8) is 0 Å². The number of carbonyl (C=O) groups excluding carboxylic acids is 2. The molecule has 2 aliphatic rings. The second kappa shape index (κ2) is 5.22. The number of ether oxygens (including phenoxy) is 2. The summed E-state index contributed by atoms with van der Waals surface area (Å²) in [4.78, 5) is 24.2. The van der Waals surface area contributed by atoms with Gasteiger partial charge in [-0.05, 0) is 13.0 Å². The van der Waals surface area contributed by atoms with Crippen molar-refractivity contribution in [1.29, 1.82) is 10.5 Å². The van der Waals surface area contributed by atoms with Crippen molar-refractivity contribution in [2.75, 3.05) is 14.2 Å². The Morgan fingerprint density at radius 2 is 1.82 bits per heavy atom. The molecule has 112 valence electrons. The highest BCUT2D eigenvalue weighted by Gasteiger charge is 2.59. The molecule has 0 spiro atoms. The van der Waals surface area contributed by atoms with E-state index >= 15 is 0 Å². The molecule has 2 heterocycles.